The summed E-state index contributed by atoms with van der Waals surface area (Å²) in [4.78, 5) is 16.3. The highest BCUT2D eigenvalue weighted by atomic mass is 32.2. The number of hydrogen-bond donors (Lipinski definition) is 1. The van der Waals surface area contributed by atoms with Crippen molar-refractivity contribution in [1.82, 2.24) is 10.3 Å². The topological polar surface area (TPSA) is 78.2 Å². The fourth-order valence-electron chi connectivity index (χ4n) is 2.15. The molecular weight excluding hydrogens is 324 g/mol. The Kier molecular flexibility index (Phi) is 6.45. The Morgan fingerprint density at radius 1 is 1.33 bits per heavy atom. The molecule has 0 fully saturated rings. The molecule has 1 aromatic heterocycles. The maximum atomic E-state index is 12.2. The van der Waals surface area contributed by atoms with Gasteiger partial charge < -0.3 is 14.3 Å². The van der Waals surface area contributed by atoms with Gasteiger partial charge in [-0.3, -0.25) is 4.79 Å². The van der Waals surface area contributed by atoms with Gasteiger partial charge in [0.15, 0.2) is 11.5 Å². The summed E-state index contributed by atoms with van der Waals surface area (Å²) in [5.41, 5.74) is 2.69. The molecule has 0 saturated heterocycles. The fraction of sp³-hybridized carbons (Fsp3) is 0.444. The number of aryl methyl sites for hydroxylation is 2. The van der Waals surface area contributed by atoms with E-state index in [4.69, 9.17) is 4.42 Å². The Hall–Kier alpha value is -1.79. The predicted molar refractivity (Wildman–Crippen MR) is 96.0 cm³/mol. The van der Waals surface area contributed by atoms with Crippen LogP contribution in [0.15, 0.2) is 28.7 Å². The Balaban J connectivity index is 2.00. The summed E-state index contributed by atoms with van der Waals surface area (Å²) in [6, 6.07) is 7.97. The summed E-state index contributed by atoms with van der Waals surface area (Å²) < 4.78 is 17.9. The molecule has 6 heteroatoms. The number of carbonyl (C=O) groups excluding carboxylic acids is 1. The third-order valence-corrected chi connectivity index (χ3v) is 4.98. The van der Waals surface area contributed by atoms with Crippen LogP contribution in [0.3, 0.4) is 0 Å². The van der Waals surface area contributed by atoms with Crippen LogP contribution in [-0.2, 0) is 21.7 Å². The first kappa shape index (κ1) is 18.5. The van der Waals surface area contributed by atoms with Gasteiger partial charge in [0.05, 0.1) is 0 Å². The lowest BCUT2D eigenvalue weighted by molar-refractivity contribution is -0.119. The standard InChI is InChI=1S/C18H24N2O3S/c1-5-13(3)19-17(21)11-24(22)10-16-14(4)23-18(20-16)15-8-6-12(2)7-9-15/h6-9,13H,5,10-11H2,1-4H3,(H,19,21). The highest BCUT2D eigenvalue weighted by molar-refractivity contribution is 7.91. The van der Waals surface area contributed by atoms with Gasteiger partial charge in [-0.25, -0.2) is 4.98 Å². The average Bonchev–Trinajstić information content (AvgIpc) is 2.88. The Morgan fingerprint density at radius 2 is 2.00 bits per heavy atom. The van der Waals surface area contributed by atoms with Crippen molar-refractivity contribution in [3.05, 3.63) is 41.3 Å². The summed E-state index contributed by atoms with van der Waals surface area (Å²) in [5, 5.41) is 2.82. The van der Waals surface area contributed by atoms with E-state index < -0.39 is 11.2 Å². The van der Waals surface area contributed by atoms with Crippen LogP contribution >= 0.6 is 0 Å². The van der Waals surface area contributed by atoms with Crippen molar-refractivity contribution < 1.29 is 13.8 Å². The molecule has 0 aliphatic rings. The van der Waals surface area contributed by atoms with Gasteiger partial charge in [-0.1, -0.05) is 24.6 Å². The van der Waals surface area contributed by atoms with E-state index in [-0.39, 0.29) is 23.5 Å². The van der Waals surface area contributed by atoms with Crippen molar-refractivity contribution >= 4 is 17.1 Å². The van der Waals surface area contributed by atoms with Gasteiger partial charge in [0.1, 0.15) is 11.5 Å². The molecule has 0 radical (unpaired) electrons. The Morgan fingerprint density at radius 3 is 2.62 bits per heavy atom. The third-order valence-electron chi connectivity index (χ3n) is 3.80. The van der Waals surface area contributed by atoms with Gasteiger partial charge in [-0.15, -0.1) is 0 Å². The van der Waals surface area contributed by atoms with E-state index in [2.05, 4.69) is 10.3 Å². The van der Waals surface area contributed by atoms with E-state index in [9.17, 15) is 9.35 Å². The number of nitrogens with zero attached hydrogens (tertiary/aromatic N) is 1. The van der Waals surface area contributed by atoms with Crippen LogP contribution < -0.4 is 5.32 Å². The van der Waals surface area contributed by atoms with Crippen LogP contribution in [0.1, 0.15) is 37.3 Å². The molecule has 1 heterocycles. The van der Waals surface area contributed by atoms with E-state index in [1.165, 1.54) is 0 Å². The second-order valence-electron chi connectivity index (χ2n) is 5.99. The molecule has 1 aromatic carbocycles. The first-order chi connectivity index (χ1) is 11.4. The second kappa shape index (κ2) is 8.35. The van der Waals surface area contributed by atoms with Crippen molar-refractivity contribution in [2.75, 3.05) is 5.75 Å². The number of carbonyl (C=O) groups is 1. The molecule has 1 amide bonds. The number of nitrogens with one attached hydrogen (secondary N) is 1. The Labute approximate surface area is 146 Å². The van der Waals surface area contributed by atoms with E-state index in [0.29, 0.717) is 17.3 Å². The first-order valence-corrected chi connectivity index (χ1v) is 9.55. The minimum atomic E-state index is -1.31. The van der Waals surface area contributed by atoms with Crippen molar-refractivity contribution in [2.45, 2.75) is 45.9 Å². The number of oxazole rings is 1. The zero-order valence-corrected chi connectivity index (χ0v) is 15.4. The van der Waals surface area contributed by atoms with Crippen molar-refractivity contribution in [1.29, 1.82) is 0 Å². The molecule has 2 unspecified atom stereocenters. The molecule has 130 valence electrons. The smallest absolute Gasteiger partial charge is 0.270 e. The summed E-state index contributed by atoms with van der Waals surface area (Å²) in [7, 11) is 0. The number of aromatic nitrogens is 1. The molecule has 0 spiro atoms. The first-order valence-electron chi connectivity index (χ1n) is 8.06. The minimum absolute atomic E-state index is 0.0174. The zero-order valence-electron chi connectivity index (χ0n) is 14.6. The Bertz CT molecular complexity index is 682. The van der Waals surface area contributed by atoms with Gasteiger partial charge in [0.25, 0.3) is 5.91 Å². The van der Waals surface area contributed by atoms with Crippen molar-refractivity contribution in [2.24, 2.45) is 0 Å². The van der Waals surface area contributed by atoms with E-state index >= 15 is 0 Å². The summed E-state index contributed by atoms with van der Waals surface area (Å²) in [6.07, 6.45) is 0.848. The monoisotopic (exact) mass is 348 g/mol. The molecule has 0 aliphatic heterocycles. The quantitative estimate of drug-likeness (QED) is 0.780. The fourth-order valence-corrected chi connectivity index (χ4v) is 3.20. The molecule has 2 atom stereocenters. The molecule has 0 aliphatic carbocycles. The third kappa shape index (κ3) is 5.11. The minimum Gasteiger partial charge on any atom is -0.616 e. The van der Waals surface area contributed by atoms with E-state index in [1.54, 1.807) is 6.92 Å². The highest BCUT2D eigenvalue weighted by Gasteiger charge is 2.20. The highest BCUT2D eigenvalue weighted by Crippen LogP contribution is 2.23. The van der Waals surface area contributed by atoms with Crippen LogP contribution in [0.4, 0.5) is 0 Å². The van der Waals surface area contributed by atoms with Gasteiger partial charge in [-0.2, -0.15) is 0 Å². The van der Waals surface area contributed by atoms with Gasteiger partial charge in [0, 0.05) is 11.6 Å². The largest absolute Gasteiger partial charge is 0.616 e. The van der Waals surface area contributed by atoms with Crippen LogP contribution in [0.25, 0.3) is 11.5 Å². The van der Waals surface area contributed by atoms with Crippen molar-refractivity contribution in [3.63, 3.8) is 0 Å². The summed E-state index contributed by atoms with van der Waals surface area (Å²) >= 11 is -1.31. The molecule has 5 nitrogen and oxygen atoms in total. The number of rotatable bonds is 7. The van der Waals surface area contributed by atoms with Crippen LogP contribution in [-0.4, -0.2) is 27.2 Å². The van der Waals surface area contributed by atoms with Crippen LogP contribution in [0.5, 0.6) is 0 Å². The van der Waals surface area contributed by atoms with E-state index in [0.717, 1.165) is 17.5 Å². The summed E-state index contributed by atoms with van der Waals surface area (Å²) in [5.74, 6) is 1.17. The van der Waals surface area contributed by atoms with E-state index in [1.807, 2.05) is 45.0 Å². The lowest BCUT2D eigenvalue weighted by Gasteiger charge is -2.13. The molecule has 24 heavy (non-hydrogen) atoms. The predicted octanol–water partition coefficient (Wildman–Crippen LogP) is 3.12. The second-order valence-corrected chi connectivity index (χ2v) is 7.45. The molecule has 2 rings (SSSR count). The molecular formula is C18H24N2O3S. The number of benzene rings is 1. The molecule has 0 saturated carbocycles. The van der Waals surface area contributed by atoms with Crippen molar-refractivity contribution in [3.8, 4) is 11.5 Å². The SMILES string of the molecule is CCC(C)NC(=O)C[S+]([O-])Cc1nc(-c2ccc(C)cc2)oc1C. The molecule has 1 N–H and O–H groups in total. The lowest BCUT2D eigenvalue weighted by atomic mass is 10.1. The van der Waals surface area contributed by atoms with Gasteiger partial charge in [0.2, 0.25) is 5.89 Å². The van der Waals surface area contributed by atoms with Gasteiger partial charge >= 0.3 is 0 Å². The number of amides is 1. The van der Waals surface area contributed by atoms with Crippen LogP contribution in [0.2, 0.25) is 0 Å². The number of hydrogen-bond acceptors (Lipinski definition) is 4. The lowest BCUT2D eigenvalue weighted by Crippen LogP contribution is -2.36. The normalized spacial score (nSPS) is 13.5. The maximum absolute atomic E-state index is 12.2. The maximum Gasteiger partial charge on any atom is 0.270 e. The molecule has 0 bridgehead atoms. The average molecular weight is 348 g/mol. The molecule has 2 aromatic rings. The van der Waals surface area contributed by atoms with Crippen LogP contribution in [0, 0.1) is 13.8 Å². The summed E-state index contributed by atoms with van der Waals surface area (Å²) in [6.45, 7) is 7.74. The zero-order chi connectivity index (χ0) is 17.7. The van der Waals surface area contributed by atoms with Gasteiger partial charge in [-0.05, 0) is 50.5 Å².